The number of likely N-dealkylation sites (tertiary alicyclic amines) is 1. The molecule has 0 saturated carbocycles. The Morgan fingerprint density at radius 2 is 1.94 bits per heavy atom. The van der Waals surface area contributed by atoms with E-state index < -0.39 is 0 Å². The van der Waals surface area contributed by atoms with Crippen LogP contribution in [0.2, 0.25) is 5.02 Å². The van der Waals surface area contributed by atoms with Gasteiger partial charge in [-0.15, -0.1) is 0 Å². The second-order valence-electron chi connectivity index (χ2n) is 8.83. The van der Waals surface area contributed by atoms with Crippen LogP contribution < -0.4 is 5.32 Å². The summed E-state index contributed by atoms with van der Waals surface area (Å²) in [6.45, 7) is 5.78. The zero-order valence-electron chi connectivity index (χ0n) is 19.0. The molecule has 1 N–H and O–H groups in total. The van der Waals surface area contributed by atoms with Crippen LogP contribution in [0.1, 0.15) is 48.9 Å². The maximum absolute atomic E-state index is 12.4. The van der Waals surface area contributed by atoms with Crippen LogP contribution >= 0.6 is 11.6 Å². The largest absolute Gasteiger partial charge is 0.382 e. The zero-order chi connectivity index (χ0) is 22.6. The Bertz CT molecular complexity index is 927. The van der Waals surface area contributed by atoms with E-state index >= 15 is 0 Å². The maximum atomic E-state index is 12.4. The molecule has 0 aromatic heterocycles. The van der Waals surface area contributed by atoms with Crippen molar-refractivity contribution in [2.45, 2.75) is 50.3 Å². The maximum Gasteiger partial charge on any atom is 0.220 e. The van der Waals surface area contributed by atoms with E-state index in [-0.39, 0.29) is 23.5 Å². The highest BCUT2D eigenvalue weighted by Gasteiger charge is 2.54. The average molecular weight is 457 g/mol. The van der Waals surface area contributed by atoms with Crippen LogP contribution in [-0.2, 0) is 26.2 Å². The number of benzene rings is 2. The highest BCUT2D eigenvalue weighted by Crippen LogP contribution is 2.52. The van der Waals surface area contributed by atoms with Gasteiger partial charge in [0.15, 0.2) is 0 Å². The van der Waals surface area contributed by atoms with E-state index in [2.05, 4.69) is 40.5 Å². The van der Waals surface area contributed by atoms with Gasteiger partial charge in [-0.25, -0.2) is 0 Å². The second-order valence-corrected chi connectivity index (χ2v) is 9.27. The molecule has 2 aliphatic rings. The summed E-state index contributed by atoms with van der Waals surface area (Å²) in [5, 5.41) is 4.04. The van der Waals surface area contributed by atoms with Gasteiger partial charge in [0.2, 0.25) is 5.91 Å². The molecule has 1 heterocycles. The topological polar surface area (TPSA) is 50.8 Å². The molecule has 1 aliphatic heterocycles. The van der Waals surface area contributed by atoms with Gasteiger partial charge >= 0.3 is 0 Å². The van der Waals surface area contributed by atoms with Crippen LogP contribution in [0.4, 0.5) is 0 Å². The molecule has 5 nitrogen and oxygen atoms in total. The molecule has 172 valence electrons. The normalized spacial score (nSPS) is 22.1. The lowest BCUT2D eigenvalue weighted by Gasteiger charge is -2.44. The standard InChI is InChI=1S/C26H33ClN2O3/c1-3-23(30)28-24-21-9-4-5-10-22(21)26(25(24)32-16-15-31-2)11-13-29(14-12-26)18-19-7-6-8-20(27)17-19/h4-10,17,24-25H,3,11-16,18H2,1-2H3,(H,28,30)/t24-,25+/m1/s1. The summed E-state index contributed by atoms with van der Waals surface area (Å²) < 4.78 is 11.7. The fourth-order valence-corrected chi connectivity index (χ4v) is 5.57. The van der Waals surface area contributed by atoms with Gasteiger partial charge in [0.25, 0.3) is 0 Å². The number of hydrogen-bond donors (Lipinski definition) is 1. The van der Waals surface area contributed by atoms with Gasteiger partial charge in [0, 0.05) is 30.5 Å². The van der Waals surface area contributed by atoms with E-state index in [1.54, 1.807) is 7.11 Å². The first-order chi connectivity index (χ1) is 15.6. The van der Waals surface area contributed by atoms with Crippen molar-refractivity contribution in [3.63, 3.8) is 0 Å². The van der Waals surface area contributed by atoms with Crippen molar-refractivity contribution < 1.29 is 14.3 Å². The summed E-state index contributed by atoms with van der Waals surface area (Å²) in [5.41, 5.74) is 3.65. The predicted molar refractivity (Wildman–Crippen MR) is 127 cm³/mol. The number of carbonyl (C=O) groups is 1. The van der Waals surface area contributed by atoms with Gasteiger partial charge < -0.3 is 14.8 Å². The zero-order valence-corrected chi connectivity index (χ0v) is 19.7. The molecule has 0 radical (unpaired) electrons. The second kappa shape index (κ2) is 10.3. The predicted octanol–water partition coefficient (Wildman–Crippen LogP) is 4.49. The Hall–Kier alpha value is -1.92. The number of carbonyl (C=O) groups excluding carboxylic acids is 1. The lowest BCUT2D eigenvalue weighted by atomic mass is 9.71. The number of nitrogens with zero attached hydrogens (tertiary/aromatic N) is 1. The van der Waals surface area contributed by atoms with Crippen LogP contribution in [0.5, 0.6) is 0 Å². The van der Waals surface area contributed by atoms with Gasteiger partial charge in [-0.2, -0.15) is 0 Å². The van der Waals surface area contributed by atoms with Crippen molar-refractivity contribution in [3.8, 4) is 0 Å². The highest BCUT2D eigenvalue weighted by atomic mass is 35.5. The third-order valence-corrected chi connectivity index (χ3v) is 7.18. The number of methoxy groups -OCH3 is 1. The number of amides is 1. The molecular formula is C26H33ClN2O3. The minimum Gasteiger partial charge on any atom is -0.382 e. The molecule has 0 unspecified atom stereocenters. The van der Waals surface area contributed by atoms with E-state index in [1.807, 2.05) is 25.1 Å². The molecule has 1 fully saturated rings. The van der Waals surface area contributed by atoms with Crippen molar-refractivity contribution in [1.29, 1.82) is 0 Å². The van der Waals surface area contributed by atoms with Crippen molar-refractivity contribution in [1.82, 2.24) is 10.2 Å². The van der Waals surface area contributed by atoms with Crippen molar-refractivity contribution in [2.75, 3.05) is 33.4 Å². The van der Waals surface area contributed by atoms with Crippen molar-refractivity contribution >= 4 is 17.5 Å². The SMILES string of the molecule is CCC(=O)N[C@@H]1c2ccccc2C2(CCN(Cc3cccc(Cl)c3)CC2)[C@H]1OCCOC. The fraction of sp³-hybridized carbons (Fsp3) is 0.500. The van der Waals surface area contributed by atoms with Crippen LogP contribution in [0.15, 0.2) is 48.5 Å². The Morgan fingerprint density at radius 3 is 2.66 bits per heavy atom. The number of nitrogens with one attached hydrogen (secondary N) is 1. The van der Waals surface area contributed by atoms with Crippen LogP contribution in [0, 0.1) is 0 Å². The van der Waals surface area contributed by atoms with Crippen LogP contribution in [0.25, 0.3) is 0 Å². The van der Waals surface area contributed by atoms with E-state index in [0.717, 1.165) is 37.5 Å². The van der Waals surface area contributed by atoms with E-state index in [9.17, 15) is 4.79 Å². The molecule has 32 heavy (non-hydrogen) atoms. The summed E-state index contributed by atoms with van der Waals surface area (Å²) >= 11 is 6.19. The monoisotopic (exact) mass is 456 g/mol. The molecule has 4 rings (SSSR count). The third kappa shape index (κ3) is 4.72. The van der Waals surface area contributed by atoms with Gasteiger partial charge in [-0.1, -0.05) is 54.9 Å². The Kier molecular flexibility index (Phi) is 7.51. The summed E-state index contributed by atoms with van der Waals surface area (Å²) in [7, 11) is 1.69. The number of rotatable bonds is 8. The Labute approximate surface area is 196 Å². The number of hydrogen-bond acceptors (Lipinski definition) is 4. The summed E-state index contributed by atoms with van der Waals surface area (Å²) in [5.74, 6) is 0.0561. The molecule has 0 bridgehead atoms. The summed E-state index contributed by atoms with van der Waals surface area (Å²) in [6, 6.07) is 16.5. The van der Waals surface area contributed by atoms with E-state index in [4.69, 9.17) is 21.1 Å². The molecule has 1 saturated heterocycles. The molecule has 2 aromatic carbocycles. The van der Waals surface area contributed by atoms with Gasteiger partial charge in [0.05, 0.1) is 25.4 Å². The van der Waals surface area contributed by atoms with Crippen molar-refractivity contribution in [2.24, 2.45) is 0 Å². The van der Waals surface area contributed by atoms with E-state index in [1.165, 1.54) is 16.7 Å². The molecule has 1 amide bonds. The van der Waals surface area contributed by atoms with Gasteiger partial charge in [-0.3, -0.25) is 9.69 Å². The number of fused-ring (bicyclic) bond motifs is 2. The minimum absolute atomic E-state index is 0.0561. The first-order valence-corrected chi connectivity index (χ1v) is 11.9. The highest BCUT2D eigenvalue weighted by molar-refractivity contribution is 6.30. The van der Waals surface area contributed by atoms with Crippen LogP contribution in [0.3, 0.4) is 0 Å². The fourth-order valence-electron chi connectivity index (χ4n) is 5.36. The summed E-state index contributed by atoms with van der Waals surface area (Å²) in [4.78, 5) is 14.9. The Morgan fingerprint density at radius 1 is 1.16 bits per heavy atom. The van der Waals surface area contributed by atoms with E-state index in [0.29, 0.717) is 19.6 Å². The molecule has 6 heteroatoms. The minimum atomic E-state index is -0.130. The molecule has 1 spiro atoms. The van der Waals surface area contributed by atoms with Crippen molar-refractivity contribution in [3.05, 3.63) is 70.2 Å². The number of halogens is 1. The first kappa shape index (κ1) is 23.2. The number of piperidine rings is 1. The average Bonchev–Trinajstić information content (AvgIpc) is 3.04. The molecule has 1 aliphatic carbocycles. The third-order valence-electron chi connectivity index (χ3n) is 6.95. The Balaban J connectivity index is 1.58. The van der Waals surface area contributed by atoms with Crippen LogP contribution in [-0.4, -0.2) is 50.3 Å². The quantitative estimate of drug-likeness (QED) is 0.595. The smallest absolute Gasteiger partial charge is 0.220 e. The number of ether oxygens (including phenoxy) is 2. The first-order valence-electron chi connectivity index (χ1n) is 11.5. The lowest BCUT2D eigenvalue weighted by molar-refractivity contribution is -0.124. The summed E-state index contributed by atoms with van der Waals surface area (Å²) in [6.07, 6.45) is 2.34. The molecular weight excluding hydrogens is 424 g/mol. The molecule has 2 atom stereocenters. The van der Waals surface area contributed by atoms with Gasteiger partial charge in [0.1, 0.15) is 0 Å². The lowest BCUT2D eigenvalue weighted by Crippen LogP contribution is -2.51. The molecule has 2 aromatic rings. The van der Waals surface area contributed by atoms with Gasteiger partial charge in [-0.05, 0) is 54.8 Å².